The second-order valence-corrected chi connectivity index (χ2v) is 7.47. The lowest BCUT2D eigenvalue weighted by Gasteiger charge is -2.32. The predicted octanol–water partition coefficient (Wildman–Crippen LogP) is 2.28. The van der Waals surface area contributed by atoms with E-state index in [0.717, 1.165) is 23.6 Å². The van der Waals surface area contributed by atoms with Gasteiger partial charge in [0.1, 0.15) is 0 Å². The van der Waals surface area contributed by atoms with Crippen molar-refractivity contribution in [3.63, 3.8) is 0 Å². The molecule has 3 rings (SSSR count). The van der Waals surface area contributed by atoms with Gasteiger partial charge in [0.05, 0.1) is 41.9 Å². The predicted molar refractivity (Wildman–Crippen MR) is 108 cm³/mol. The van der Waals surface area contributed by atoms with Crippen LogP contribution in [0.25, 0.3) is 0 Å². The van der Waals surface area contributed by atoms with Crippen molar-refractivity contribution in [3.8, 4) is 0 Å². The van der Waals surface area contributed by atoms with Gasteiger partial charge in [-0.25, -0.2) is 0 Å². The molecule has 0 spiro atoms. The van der Waals surface area contributed by atoms with Gasteiger partial charge in [0.25, 0.3) is 11.8 Å². The Labute approximate surface area is 168 Å². The number of aryl methyl sites for hydroxylation is 1. The number of anilines is 1. The maximum Gasteiger partial charge on any atom is 0.279 e. The summed E-state index contributed by atoms with van der Waals surface area (Å²) in [7, 11) is 0. The summed E-state index contributed by atoms with van der Waals surface area (Å²) in [5.41, 5.74) is 2.01. The van der Waals surface area contributed by atoms with Gasteiger partial charge in [0.2, 0.25) is 0 Å². The highest BCUT2D eigenvalue weighted by Gasteiger charge is 2.26. The highest BCUT2D eigenvalue weighted by molar-refractivity contribution is 6.40. The number of halogens is 2. The smallest absolute Gasteiger partial charge is 0.279 e. The minimum atomic E-state index is -0.137. The van der Waals surface area contributed by atoms with E-state index in [1.807, 2.05) is 48.2 Å². The molecule has 1 fully saturated rings. The van der Waals surface area contributed by atoms with E-state index >= 15 is 0 Å². The highest BCUT2D eigenvalue weighted by atomic mass is 35.5. The van der Waals surface area contributed by atoms with Crippen LogP contribution >= 0.6 is 23.2 Å². The van der Waals surface area contributed by atoms with Gasteiger partial charge in [-0.05, 0) is 30.7 Å². The second kappa shape index (κ2) is 8.74. The molecule has 0 radical (unpaired) electrons. The molecule has 1 saturated heterocycles. The Morgan fingerprint density at radius 1 is 1.07 bits per heavy atom. The summed E-state index contributed by atoms with van der Waals surface area (Å²) >= 11 is 12.4. The first-order chi connectivity index (χ1) is 13.0. The van der Waals surface area contributed by atoms with Gasteiger partial charge in [-0.15, -0.1) is 0 Å². The molecule has 1 aliphatic rings. The molecule has 2 N–H and O–H groups in total. The van der Waals surface area contributed by atoms with E-state index < -0.39 is 0 Å². The topological polar surface area (TPSA) is 53.9 Å². The Kier molecular flexibility index (Phi) is 6.37. The lowest BCUT2D eigenvalue weighted by Crippen LogP contribution is -3.15. The van der Waals surface area contributed by atoms with Crippen LogP contribution in [0.4, 0.5) is 5.69 Å². The molecule has 27 heavy (non-hydrogen) atoms. The summed E-state index contributed by atoms with van der Waals surface area (Å²) in [5, 5.41) is 3.71. The Bertz CT molecular complexity index is 835. The van der Waals surface area contributed by atoms with E-state index in [9.17, 15) is 9.59 Å². The number of nitrogens with zero attached hydrogens (tertiary/aromatic N) is 1. The third kappa shape index (κ3) is 4.80. The van der Waals surface area contributed by atoms with Crippen molar-refractivity contribution < 1.29 is 14.5 Å². The molecular weight excluding hydrogens is 385 g/mol. The molecule has 0 aliphatic carbocycles. The maximum absolute atomic E-state index is 12.5. The van der Waals surface area contributed by atoms with Crippen LogP contribution in [0.2, 0.25) is 10.0 Å². The van der Waals surface area contributed by atoms with Gasteiger partial charge < -0.3 is 15.1 Å². The molecular formula is C20H22Cl2N3O2+. The number of nitrogens with one attached hydrogen (secondary N) is 2. The fourth-order valence-corrected chi connectivity index (χ4v) is 3.61. The number of quaternary nitrogens is 1. The van der Waals surface area contributed by atoms with Gasteiger partial charge in [0, 0.05) is 5.56 Å². The van der Waals surface area contributed by atoms with Gasteiger partial charge >= 0.3 is 0 Å². The first kappa shape index (κ1) is 19.7. The van der Waals surface area contributed by atoms with Crippen LogP contribution in [-0.2, 0) is 4.79 Å². The van der Waals surface area contributed by atoms with Crippen LogP contribution in [0, 0.1) is 6.92 Å². The van der Waals surface area contributed by atoms with Gasteiger partial charge in [0.15, 0.2) is 6.54 Å². The fourth-order valence-electron chi connectivity index (χ4n) is 3.15. The van der Waals surface area contributed by atoms with Crippen molar-refractivity contribution in [2.75, 3.05) is 38.0 Å². The van der Waals surface area contributed by atoms with Crippen molar-refractivity contribution in [2.45, 2.75) is 6.92 Å². The minimum absolute atomic E-state index is 0.0393. The molecule has 5 nitrogen and oxygen atoms in total. The van der Waals surface area contributed by atoms with Crippen molar-refractivity contribution in [2.24, 2.45) is 0 Å². The molecule has 7 heteroatoms. The normalized spacial score (nSPS) is 14.9. The average Bonchev–Trinajstić information content (AvgIpc) is 2.69. The van der Waals surface area contributed by atoms with Crippen LogP contribution < -0.4 is 10.2 Å². The first-order valence-electron chi connectivity index (χ1n) is 8.88. The SMILES string of the molecule is Cc1ccc(Cl)c(NC(=O)C[NH+]2CCN(C(=O)c3ccccc3)CC2)c1Cl. The Balaban J connectivity index is 1.53. The number of rotatable bonds is 4. The molecule has 0 aromatic heterocycles. The second-order valence-electron chi connectivity index (χ2n) is 6.69. The quantitative estimate of drug-likeness (QED) is 0.817. The number of amides is 2. The summed E-state index contributed by atoms with van der Waals surface area (Å²) < 4.78 is 0. The number of benzene rings is 2. The average molecular weight is 407 g/mol. The van der Waals surface area contributed by atoms with Crippen molar-refractivity contribution in [1.29, 1.82) is 0 Å². The van der Waals surface area contributed by atoms with E-state index in [1.165, 1.54) is 0 Å². The Morgan fingerprint density at radius 3 is 2.41 bits per heavy atom. The van der Waals surface area contributed by atoms with Gasteiger partial charge in [-0.3, -0.25) is 9.59 Å². The molecule has 0 unspecified atom stereocenters. The van der Waals surface area contributed by atoms with Crippen LogP contribution in [-0.4, -0.2) is 49.4 Å². The summed E-state index contributed by atoms with van der Waals surface area (Å²) in [5.74, 6) is -0.0975. The zero-order valence-corrected chi connectivity index (χ0v) is 16.6. The lowest BCUT2D eigenvalue weighted by atomic mass is 10.2. The molecule has 0 saturated carbocycles. The zero-order valence-electron chi connectivity index (χ0n) is 15.1. The Morgan fingerprint density at radius 2 is 1.74 bits per heavy atom. The van der Waals surface area contributed by atoms with Crippen molar-refractivity contribution in [3.05, 3.63) is 63.6 Å². The third-order valence-corrected chi connectivity index (χ3v) is 5.54. The van der Waals surface area contributed by atoms with Gasteiger partial charge in [-0.1, -0.05) is 47.5 Å². The molecule has 0 atom stereocenters. The molecule has 2 aromatic rings. The number of hydrogen-bond donors (Lipinski definition) is 2. The number of carbonyl (C=O) groups is 2. The number of hydrogen-bond acceptors (Lipinski definition) is 2. The van der Waals surface area contributed by atoms with E-state index in [4.69, 9.17) is 23.2 Å². The van der Waals surface area contributed by atoms with Crippen LogP contribution in [0.1, 0.15) is 15.9 Å². The monoisotopic (exact) mass is 406 g/mol. The van der Waals surface area contributed by atoms with E-state index in [1.54, 1.807) is 6.07 Å². The first-order valence-corrected chi connectivity index (χ1v) is 9.63. The molecule has 2 amide bonds. The summed E-state index contributed by atoms with van der Waals surface area (Å²) in [4.78, 5) is 27.9. The lowest BCUT2D eigenvalue weighted by molar-refractivity contribution is -0.895. The molecule has 0 bridgehead atoms. The maximum atomic E-state index is 12.5. The molecule has 2 aromatic carbocycles. The van der Waals surface area contributed by atoms with E-state index in [0.29, 0.717) is 40.9 Å². The van der Waals surface area contributed by atoms with Crippen molar-refractivity contribution >= 4 is 40.7 Å². The zero-order chi connectivity index (χ0) is 19.4. The number of piperazine rings is 1. The molecule has 1 heterocycles. The highest BCUT2D eigenvalue weighted by Crippen LogP contribution is 2.32. The van der Waals surface area contributed by atoms with E-state index in [2.05, 4.69) is 5.32 Å². The van der Waals surface area contributed by atoms with E-state index in [-0.39, 0.29) is 11.8 Å². The largest absolute Gasteiger partial charge is 0.327 e. The summed E-state index contributed by atoms with van der Waals surface area (Å²) in [6, 6.07) is 12.8. The molecule has 1 aliphatic heterocycles. The van der Waals surface area contributed by atoms with Crippen LogP contribution in [0.3, 0.4) is 0 Å². The van der Waals surface area contributed by atoms with Crippen LogP contribution in [0.5, 0.6) is 0 Å². The summed E-state index contributed by atoms with van der Waals surface area (Å²) in [6.45, 7) is 4.88. The van der Waals surface area contributed by atoms with Gasteiger partial charge in [-0.2, -0.15) is 0 Å². The number of carbonyl (C=O) groups excluding carboxylic acids is 2. The summed E-state index contributed by atoms with van der Waals surface area (Å²) in [6.07, 6.45) is 0. The Hall–Kier alpha value is -2.08. The third-order valence-electron chi connectivity index (χ3n) is 4.74. The minimum Gasteiger partial charge on any atom is -0.327 e. The van der Waals surface area contributed by atoms with Crippen molar-refractivity contribution in [1.82, 2.24) is 4.90 Å². The standard InChI is InChI=1S/C20H21Cl2N3O2/c1-14-7-8-16(21)19(18(14)22)23-17(26)13-24-9-11-25(12-10-24)20(27)15-5-3-2-4-6-15/h2-8H,9-13H2,1H3,(H,23,26)/p+1. The molecule has 142 valence electrons. The fraction of sp³-hybridized carbons (Fsp3) is 0.300. The van der Waals surface area contributed by atoms with Crippen LogP contribution in [0.15, 0.2) is 42.5 Å².